The summed E-state index contributed by atoms with van der Waals surface area (Å²) in [5.74, 6) is 0.254. The number of nitrogens with one attached hydrogen (secondary N) is 1. The molecule has 1 aromatic carbocycles. The van der Waals surface area contributed by atoms with Crippen LogP contribution < -0.4 is 5.32 Å². The van der Waals surface area contributed by atoms with Gasteiger partial charge in [-0.05, 0) is 31.9 Å². The summed E-state index contributed by atoms with van der Waals surface area (Å²) in [6, 6.07) is 8.05. The fourth-order valence-corrected chi connectivity index (χ4v) is 2.90. The lowest BCUT2D eigenvalue weighted by Crippen LogP contribution is -2.34. The highest BCUT2D eigenvalue weighted by atomic mass is 32.2. The number of imidazole rings is 1. The van der Waals surface area contributed by atoms with Crippen molar-refractivity contribution in [2.24, 2.45) is 0 Å². The lowest BCUT2D eigenvalue weighted by atomic mass is 10.2. The number of amides is 1. The largest absolute Gasteiger partial charge is 0.396 e. The normalized spacial score (nSPS) is 12.1. The maximum atomic E-state index is 11.9. The molecule has 1 amide bonds. The van der Waals surface area contributed by atoms with Crippen LogP contribution in [0.5, 0.6) is 0 Å². The second-order valence-electron chi connectivity index (χ2n) is 5.14. The van der Waals surface area contributed by atoms with Gasteiger partial charge in [0.2, 0.25) is 5.91 Å². The molecule has 0 saturated carbocycles. The Balaban J connectivity index is 1.99. The minimum atomic E-state index is -0.0507. The van der Waals surface area contributed by atoms with Gasteiger partial charge in [0.05, 0.1) is 11.4 Å². The molecule has 5 nitrogen and oxygen atoms in total. The molecule has 118 valence electrons. The Labute approximate surface area is 134 Å². The highest BCUT2D eigenvalue weighted by Crippen LogP contribution is 2.22. The summed E-state index contributed by atoms with van der Waals surface area (Å²) in [7, 11) is 0. The van der Waals surface area contributed by atoms with Crippen LogP contribution >= 0.6 is 11.8 Å². The molecule has 0 fully saturated rings. The Bertz CT molecular complexity index is 627. The molecular weight excluding hydrogens is 298 g/mol. The Hall–Kier alpha value is -1.79. The number of carbonyl (C=O) groups excluding carboxylic acids is 1. The minimum Gasteiger partial charge on any atom is -0.396 e. The van der Waals surface area contributed by atoms with E-state index in [-0.39, 0.29) is 18.6 Å². The number of nitrogens with zero attached hydrogens (tertiary/aromatic N) is 2. The smallest absolute Gasteiger partial charge is 0.230 e. The minimum absolute atomic E-state index is 0.0192. The molecule has 6 heteroatoms. The molecule has 22 heavy (non-hydrogen) atoms. The highest BCUT2D eigenvalue weighted by Gasteiger charge is 2.11. The van der Waals surface area contributed by atoms with Gasteiger partial charge in [-0.2, -0.15) is 0 Å². The zero-order chi connectivity index (χ0) is 15.9. The molecule has 0 saturated heterocycles. The Kier molecular flexibility index (Phi) is 6.03. The van der Waals surface area contributed by atoms with E-state index in [1.165, 1.54) is 11.8 Å². The molecule has 2 N–H and O–H groups in total. The molecule has 0 bridgehead atoms. The van der Waals surface area contributed by atoms with Gasteiger partial charge >= 0.3 is 0 Å². The zero-order valence-electron chi connectivity index (χ0n) is 12.8. The number of aliphatic hydroxyl groups is 1. The van der Waals surface area contributed by atoms with Gasteiger partial charge in [-0.25, -0.2) is 4.98 Å². The monoisotopic (exact) mass is 319 g/mol. The summed E-state index contributed by atoms with van der Waals surface area (Å²) in [6.45, 7) is 4.01. The van der Waals surface area contributed by atoms with E-state index in [0.29, 0.717) is 12.2 Å². The van der Waals surface area contributed by atoms with Crippen LogP contribution in [-0.2, 0) is 4.79 Å². The second kappa shape index (κ2) is 8.00. The van der Waals surface area contributed by atoms with Crippen molar-refractivity contribution >= 4 is 17.7 Å². The van der Waals surface area contributed by atoms with Crippen LogP contribution in [0, 0.1) is 6.92 Å². The first-order chi connectivity index (χ1) is 10.6. The van der Waals surface area contributed by atoms with Crippen molar-refractivity contribution in [3.8, 4) is 5.69 Å². The number of benzene rings is 1. The lowest BCUT2D eigenvalue weighted by molar-refractivity contribution is -0.119. The van der Waals surface area contributed by atoms with Gasteiger partial charge in [0.15, 0.2) is 5.16 Å². The molecule has 1 aromatic heterocycles. The third-order valence-corrected chi connectivity index (χ3v) is 4.25. The summed E-state index contributed by atoms with van der Waals surface area (Å²) in [5.41, 5.74) is 2.22. The van der Waals surface area contributed by atoms with Gasteiger partial charge in [0.25, 0.3) is 0 Å². The average Bonchev–Trinajstić information content (AvgIpc) is 2.94. The number of aromatic nitrogens is 2. The number of hydrogen-bond acceptors (Lipinski definition) is 4. The number of rotatable bonds is 7. The van der Waals surface area contributed by atoms with Crippen molar-refractivity contribution in [1.82, 2.24) is 14.9 Å². The maximum Gasteiger partial charge on any atom is 0.230 e. The molecule has 0 aliphatic carbocycles. The molecule has 0 aliphatic rings. The third-order valence-electron chi connectivity index (χ3n) is 3.28. The predicted molar refractivity (Wildman–Crippen MR) is 88.3 cm³/mol. The summed E-state index contributed by atoms with van der Waals surface area (Å²) >= 11 is 1.40. The topological polar surface area (TPSA) is 67.2 Å². The van der Waals surface area contributed by atoms with E-state index in [0.717, 1.165) is 16.4 Å². The van der Waals surface area contributed by atoms with E-state index in [9.17, 15) is 4.79 Å². The van der Waals surface area contributed by atoms with Crippen LogP contribution in [0.4, 0.5) is 0 Å². The van der Waals surface area contributed by atoms with Crippen LogP contribution in [0.3, 0.4) is 0 Å². The van der Waals surface area contributed by atoms with Gasteiger partial charge in [0, 0.05) is 25.0 Å². The van der Waals surface area contributed by atoms with Gasteiger partial charge < -0.3 is 10.4 Å². The number of thioether (sulfide) groups is 1. The summed E-state index contributed by atoms with van der Waals surface area (Å²) < 4.78 is 1.99. The fraction of sp³-hybridized carbons (Fsp3) is 0.375. The first-order valence-electron chi connectivity index (χ1n) is 7.24. The summed E-state index contributed by atoms with van der Waals surface area (Å²) in [4.78, 5) is 16.2. The average molecular weight is 319 g/mol. The molecular formula is C16H21N3O2S. The molecule has 1 unspecified atom stereocenters. The predicted octanol–water partition coefficient (Wildman–Crippen LogP) is 2.16. The maximum absolute atomic E-state index is 11.9. The molecule has 2 aromatic rings. The number of hydrogen-bond donors (Lipinski definition) is 2. The van der Waals surface area contributed by atoms with Gasteiger partial charge in [-0.15, -0.1) is 0 Å². The Morgan fingerprint density at radius 1 is 1.45 bits per heavy atom. The first-order valence-corrected chi connectivity index (χ1v) is 8.22. The number of aliphatic hydroxyl groups excluding tert-OH is 1. The van der Waals surface area contributed by atoms with Crippen LogP contribution in [0.2, 0.25) is 0 Å². The number of carbonyl (C=O) groups is 1. The third kappa shape index (κ3) is 4.35. The van der Waals surface area contributed by atoms with Crippen LogP contribution in [0.1, 0.15) is 18.9 Å². The molecule has 2 rings (SSSR count). The lowest BCUT2D eigenvalue weighted by Gasteiger charge is -2.13. The Morgan fingerprint density at radius 2 is 2.23 bits per heavy atom. The van der Waals surface area contributed by atoms with Crippen molar-refractivity contribution < 1.29 is 9.90 Å². The molecule has 0 spiro atoms. The van der Waals surface area contributed by atoms with Crippen LogP contribution in [-0.4, -0.2) is 39.0 Å². The van der Waals surface area contributed by atoms with E-state index in [1.54, 1.807) is 6.20 Å². The van der Waals surface area contributed by atoms with E-state index in [1.807, 2.05) is 48.9 Å². The Morgan fingerprint density at radius 3 is 2.95 bits per heavy atom. The zero-order valence-corrected chi connectivity index (χ0v) is 13.6. The fourth-order valence-electron chi connectivity index (χ4n) is 2.13. The van der Waals surface area contributed by atoms with Crippen molar-refractivity contribution in [3.05, 3.63) is 42.2 Å². The SMILES string of the molecule is Cc1ccccc1-n1ccnc1SCC(=O)NC(C)CCO. The van der Waals surface area contributed by atoms with Crippen molar-refractivity contribution in [2.75, 3.05) is 12.4 Å². The molecule has 1 heterocycles. The van der Waals surface area contributed by atoms with Crippen LogP contribution in [0.25, 0.3) is 5.69 Å². The van der Waals surface area contributed by atoms with E-state index in [4.69, 9.17) is 5.11 Å². The number of para-hydroxylation sites is 1. The van der Waals surface area contributed by atoms with Gasteiger partial charge in [-0.3, -0.25) is 9.36 Å². The number of aryl methyl sites for hydroxylation is 1. The van der Waals surface area contributed by atoms with Crippen LogP contribution in [0.15, 0.2) is 41.8 Å². The first kappa shape index (κ1) is 16.6. The van der Waals surface area contributed by atoms with E-state index in [2.05, 4.69) is 10.3 Å². The molecule has 0 aliphatic heterocycles. The van der Waals surface area contributed by atoms with Gasteiger partial charge in [-0.1, -0.05) is 30.0 Å². The second-order valence-corrected chi connectivity index (χ2v) is 6.08. The van der Waals surface area contributed by atoms with Crippen molar-refractivity contribution in [3.63, 3.8) is 0 Å². The summed E-state index contributed by atoms with van der Waals surface area (Å²) in [6.07, 6.45) is 4.20. The molecule has 0 radical (unpaired) electrons. The quantitative estimate of drug-likeness (QED) is 0.768. The standard InChI is InChI=1S/C16H21N3O2S/c1-12-5-3-4-6-14(12)19-9-8-17-16(19)22-11-15(21)18-13(2)7-10-20/h3-6,8-9,13,20H,7,10-11H2,1-2H3,(H,18,21). The van der Waals surface area contributed by atoms with Crippen molar-refractivity contribution in [1.29, 1.82) is 0 Å². The van der Waals surface area contributed by atoms with E-state index < -0.39 is 0 Å². The summed E-state index contributed by atoms with van der Waals surface area (Å²) in [5, 5.41) is 12.5. The van der Waals surface area contributed by atoms with Crippen molar-refractivity contribution in [2.45, 2.75) is 31.5 Å². The van der Waals surface area contributed by atoms with Gasteiger partial charge in [0.1, 0.15) is 0 Å². The highest BCUT2D eigenvalue weighted by molar-refractivity contribution is 7.99. The molecule has 1 atom stereocenters. The van der Waals surface area contributed by atoms with E-state index >= 15 is 0 Å².